The first-order valence-corrected chi connectivity index (χ1v) is 10.1. The molecule has 0 aliphatic heterocycles. The number of hydrogen-bond donors (Lipinski definition) is 3. The zero-order chi connectivity index (χ0) is 22.1. The number of hydrogen-bond acceptors (Lipinski definition) is 5. The highest BCUT2D eigenvalue weighted by molar-refractivity contribution is 7.80. The van der Waals surface area contributed by atoms with Gasteiger partial charge in [0.25, 0.3) is 0 Å². The number of ether oxygens (including phenoxy) is 3. The highest BCUT2D eigenvalue weighted by Crippen LogP contribution is 2.31. The molecule has 1 amide bonds. The van der Waals surface area contributed by atoms with Gasteiger partial charge in [-0.25, -0.2) is 4.79 Å². The van der Waals surface area contributed by atoms with Crippen LogP contribution in [0.4, 0.5) is 10.5 Å². The molecule has 2 aromatic carbocycles. The lowest BCUT2D eigenvalue weighted by molar-refractivity contribution is 0.135. The number of carbonyl (C=O) groups excluding carboxylic acids is 1. The number of thiocarbonyl (C=S) groups is 1. The molecule has 7 nitrogen and oxygen atoms in total. The smallest absolute Gasteiger partial charge is 0.409 e. The number of alkyl halides is 3. The number of amides is 1. The van der Waals surface area contributed by atoms with Crippen LogP contribution in [0.3, 0.4) is 0 Å². The van der Waals surface area contributed by atoms with E-state index < -0.39 is 16.1 Å². The molecule has 1 atom stereocenters. The van der Waals surface area contributed by atoms with E-state index in [-0.39, 0.29) is 11.7 Å². The van der Waals surface area contributed by atoms with Gasteiger partial charge >= 0.3 is 6.09 Å². The van der Waals surface area contributed by atoms with Crippen molar-refractivity contribution in [2.45, 2.75) is 16.6 Å². The Bertz CT molecular complexity index is 866. The number of benzene rings is 2. The predicted molar refractivity (Wildman–Crippen MR) is 123 cm³/mol. The largest absolute Gasteiger partial charge is 0.497 e. The van der Waals surface area contributed by atoms with E-state index in [0.29, 0.717) is 17.2 Å². The number of carbonyl (C=O) groups is 1. The first-order chi connectivity index (χ1) is 14.2. The first-order valence-electron chi connectivity index (χ1n) is 8.56. The Hall–Kier alpha value is -2.13. The summed E-state index contributed by atoms with van der Waals surface area (Å²) >= 11 is 23.2. The fourth-order valence-corrected chi connectivity index (χ4v) is 2.84. The molecule has 2 aromatic rings. The third-order valence-corrected chi connectivity index (χ3v) is 4.61. The second kappa shape index (κ2) is 11.3. The van der Waals surface area contributed by atoms with E-state index in [4.69, 9.17) is 61.2 Å². The van der Waals surface area contributed by atoms with Crippen molar-refractivity contribution in [3.05, 3.63) is 54.1 Å². The molecule has 3 N–H and O–H groups in total. The van der Waals surface area contributed by atoms with Gasteiger partial charge < -0.3 is 24.8 Å². The number of halogens is 3. The maximum Gasteiger partial charge on any atom is 0.409 e. The van der Waals surface area contributed by atoms with Crippen LogP contribution in [0.1, 0.15) is 5.56 Å². The normalized spacial score (nSPS) is 11.8. The van der Waals surface area contributed by atoms with Crippen LogP contribution in [0.5, 0.6) is 11.5 Å². The van der Waals surface area contributed by atoms with Gasteiger partial charge in [0.1, 0.15) is 18.1 Å². The van der Waals surface area contributed by atoms with Crippen LogP contribution < -0.4 is 25.4 Å². The maximum absolute atomic E-state index is 12.1. The Kier molecular flexibility index (Phi) is 9.10. The fraction of sp³-hybridized carbons (Fsp3) is 0.263. The SMILES string of the molecule is COc1ccc(OC)c(NC(=S)N[C@@H](NC(=O)OCc2ccccc2)C(Cl)(Cl)Cl)c1. The first kappa shape index (κ1) is 24.1. The number of methoxy groups -OCH3 is 2. The minimum Gasteiger partial charge on any atom is -0.497 e. The van der Waals surface area contributed by atoms with Crippen molar-refractivity contribution in [1.82, 2.24) is 10.6 Å². The third-order valence-electron chi connectivity index (χ3n) is 3.73. The van der Waals surface area contributed by atoms with Gasteiger partial charge in [-0.3, -0.25) is 5.32 Å². The number of anilines is 1. The zero-order valence-corrected chi connectivity index (χ0v) is 19.2. The quantitative estimate of drug-likeness (QED) is 0.296. The minimum absolute atomic E-state index is 0.0585. The summed E-state index contributed by atoms with van der Waals surface area (Å²) in [5.74, 6) is 1.10. The molecule has 0 heterocycles. The zero-order valence-electron chi connectivity index (χ0n) is 16.1. The molecule has 30 heavy (non-hydrogen) atoms. The summed E-state index contributed by atoms with van der Waals surface area (Å²) < 4.78 is 13.7. The maximum atomic E-state index is 12.1. The number of rotatable bonds is 7. The molecule has 0 saturated carbocycles. The van der Waals surface area contributed by atoms with Crippen molar-refractivity contribution >= 4 is 63.9 Å². The molecule has 0 radical (unpaired) electrons. The van der Waals surface area contributed by atoms with Crippen LogP contribution in [0.25, 0.3) is 0 Å². The van der Waals surface area contributed by atoms with Crippen molar-refractivity contribution < 1.29 is 19.0 Å². The minimum atomic E-state index is -1.92. The van der Waals surface area contributed by atoms with Crippen molar-refractivity contribution in [2.75, 3.05) is 19.5 Å². The van der Waals surface area contributed by atoms with Crippen LogP contribution in [0.15, 0.2) is 48.5 Å². The van der Waals surface area contributed by atoms with Crippen molar-refractivity contribution in [3.8, 4) is 11.5 Å². The lowest BCUT2D eigenvalue weighted by atomic mass is 10.2. The molecular formula is C19H20Cl3N3O4S. The Balaban J connectivity index is 2.00. The average Bonchev–Trinajstić information content (AvgIpc) is 2.71. The molecule has 0 spiro atoms. The molecule has 0 saturated heterocycles. The van der Waals surface area contributed by atoms with E-state index >= 15 is 0 Å². The lowest BCUT2D eigenvalue weighted by Crippen LogP contribution is -2.56. The van der Waals surface area contributed by atoms with Gasteiger partial charge in [0.15, 0.2) is 11.3 Å². The Morgan fingerprint density at radius 2 is 1.77 bits per heavy atom. The van der Waals surface area contributed by atoms with Crippen LogP contribution in [-0.2, 0) is 11.3 Å². The van der Waals surface area contributed by atoms with Gasteiger partial charge in [0.05, 0.1) is 19.9 Å². The average molecular weight is 493 g/mol. The van der Waals surface area contributed by atoms with Gasteiger partial charge in [0, 0.05) is 6.07 Å². The molecule has 0 bridgehead atoms. The summed E-state index contributed by atoms with van der Waals surface area (Å²) in [5.41, 5.74) is 1.33. The predicted octanol–water partition coefficient (Wildman–Crippen LogP) is 4.61. The van der Waals surface area contributed by atoms with E-state index in [0.717, 1.165) is 5.56 Å². The molecular weight excluding hydrogens is 473 g/mol. The summed E-state index contributed by atoms with van der Waals surface area (Å²) in [4.78, 5) is 12.1. The summed E-state index contributed by atoms with van der Waals surface area (Å²) in [6, 6.07) is 14.3. The van der Waals surface area contributed by atoms with Gasteiger partial charge in [-0.15, -0.1) is 0 Å². The van der Waals surface area contributed by atoms with Crippen LogP contribution in [0.2, 0.25) is 0 Å². The highest BCUT2D eigenvalue weighted by atomic mass is 35.6. The summed E-state index contributed by atoms with van der Waals surface area (Å²) in [6.45, 7) is 0.0585. The lowest BCUT2D eigenvalue weighted by Gasteiger charge is -2.27. The molecule has 162 valence electrons. The van der Waals surface area contributed by atoms with Gasteiger partial charge in [-0.2, -0.15) is 0 Å². The molecule has 0 unspecified atom stereocenters. The third kappa shape index (κ3) is 7.60. The molecule has 11 heteroatoms. The molecule has 0 aliphatic carbocycles. The highest BCUT2D eigenvalue weighted by Gasteiger charge is 2.35. The van der Waals surface area contributed by atoms with Crippen molar-refractivity contribution in [2.24, 2.45) is 0 Å². The molecule has 0 aromatic heterocycles. The van der Waals surface area contributed by atoms with Gasteiger partial charge in [0.2, 0.25) is 3.79 Å². The van der Waals surface area contributed by atoms with Gasteiger partial charge in [-0.1, -0.05) is 65.1 Å². The monoisotopic (exact) mass is 491 g/mol. The summed E-state index contributed by atoms with van der Waals surface area (Å²) in [7, 11) is 3.05. The number of nitrogens with one attached hydrogen (secondary N) is 3. The van der Waals surface area contributed by atoms with E-state index in [1.165, 1.54) is 14.2 Å². The second-order valence-corrected chi connectivity index (χ2v) is 8.62. The van der Waals surface area contributed by atoms with E-state index in [1.807, 2.05) is 30.3 Å². The second-order valence-electron chi connectivity index (χ2n) is 5.85. The Morgan fingerprint density at radius 1 is 1.07 bits per heavy atom. The van der Waals surface area contributed by atoms with Crippen LogP contribution >= 0.6 is 47.0 Å². The Morgan fingerprint density at radius 3 is 2.37 bits per heavy atom. The summed E-state index contributed by atoms with van der Waals surface area (Å²) in [6.07, 6.45) is -1.97. The number of alkyl carbamates (subject to hydrolysis) is 1. The van der Waals surface area contributed by atoms with E-state index in [9.17, 15) is 4.79 Å². The topological polar surface area (TPSA) is 80.9 Å². The molecule has 0 fully saturated rings. The van der Waals surface area contributed by atoms with Crippen LogP contribution in [-0.4, -0.2) is 35.4 Å². The Labute approximate surface area is 194 Å². The van der Waals surface area contributed by atoms with Crippen molar-refractivity contribution in [3.63, 3.8) is 0 Å². The molecule has 0 aliphatic rings. The van der Waals surface area contributed by atoms with E-state index in [2.05, 4.69) is 16.0 Å². The fourth-order valence-electron chi connectivity index (χ4n) is 2.28. The van der Waals surface area contributed by atoms with Crippen LogP contribution in [0, 0.1) is 0 Å². The van der Waals surface area contributed by atoms with Crippen molar-refractivity contribution in [1.29, 1.82) is 0 Å². The summed E-state index contributed by atoms with van der Waals surface area (Å²) in [5, 5.41) is 8.17. The van der Waals surface area contributed by atoms with E-state index in [1.54, 1.807) is 18.2 Å². The standard InChI is InChI=1S/C19H20Cl3N3O4S/c1-27-13-8-9-15(28-2)14(10-13)23-17(30)24-16(19(20,21)22)25-18(26)29-11-12-6-4-3-5-7-12/h3-10,16H,11H2,1-2H3,(H,25,26)(H2,23,24,30)/t16-/m0/s1. The van der Waals surface area contributed by atoms with Gasteiger partial charge in [-0.05, 0) is 29.9 Å². The molecule has 2 rings (SSSR count).